The number of rotatable bonds is 6. The first kappa shape index (κ1) is 16.2. The highest BCUT2D eigenvalue weighted by molar-refractivity contribution is 5.27. The summed E-state index contributed by atoms with van der Waals surface area (Å²) >= 11 is 0. The van der Waals surface area contributed by atoms with E-state index in [4.69, 9.17) is 5.84 Å². The van der Waals surface area contributed by atoms with Crippen molar-refractivity contribution in [1.82, 2.24) is 5.43 Å². The van der Waals surface area contributed by atoms with E-state index in [1.165, 1.54) is 17.5 Å². The summed E-state index contributed by atoms with van der Waals surface area (Å²) in [5.41, 5.74) is 5.92. The van der Waals surface area contributed by atoms with E-state index in [9.17, 15) is 0 Å². The summed E-state index contributed by atoms with van der Waals surface area (Å²) in [6.07, 6.45) is 3.36. The second-order valence-corrected chi connectivity index (χ2v) is 6.99. The molecule has 1 rings (SSSR count). The van der Waals surface area contributed by atoms with Crippen molar-refractivity contribution >= 4 is 0 Å². The standard InChI is InChI=1S/C17H30N2/c1-13(2)6-11-16(19-18)12-14-7-9-15(10-8-14)17(3,4)5/h7-10,13,16,19H,6,11-12,18H2,1-5H3. The first-order valence-electron chi connectivity index (χ1n) is 7.38. The molecule has 1 atom stereocenters. The van der Waals surface area contributed by atoms with Gasteiger partial charge in [-0.15, -0.1) is 0 Å². The summed E-state index contributed by atoms with van der Waals surface area (Å²) in [6, 6.07) is 9.33. The number of nitrogens with two attached hydrogens (primary N) is 1. The molecule has 0 heterocycles. The molecule has 2 heteroatoms. The normalized spacial score (nSPS) is 13.8. The monoisotopic (exact) mass is 262 g/mol. The van der Waals surface area contributed by atoms with Crippen LogP contribution in [-0.4, -0.2) is 6.04 Å². The second kappa shape index (κ2) is 7.06. The number of nitrogens with one attached hydrogen (secondary N) is 1. The van der Waals surface area contributed by atoms with Gasteiger partial charge in [-0.05, 0) is 41.7 Å². The van der Waals surface area contributed by atoms with Crippen LogP contribution in [-0.2, 0) is 11.8 Å². The molecule has 2 nitrogen and oxygen atoms in total. The first-order valence-corrected chi connectivity index (χ1v) is 7.38. The van der Waals surface area contributed by atoms with Gasteiger partial charge in [0.05, 0.1) is 0 Å². The van der Waals surface area contributed by atoms with E-state index in [2.05, 4.69) is 64.3 Å². The van der Waals surface area contributed by atoms with E-state index in [-0.39, 0.29) is 5.41 Å². The SMILES string of the molecule is CC(C)CCC(Cc1ccc(C(C)(C)C)cc1)NN. The molecule has 0 aliphatic carbocycles. The fourth-order valence-corrected chi connectivity index (χ4v) is 2.20. The van der Waals surface area contributed by atoms with Gasteiger partial charge in [0.25, 0.3) is 0 Å². The summed E-state index contributed by atoms with van der Waals surface area (Å²) in [5, 5.41) is 0. The minimum Gasteiger partial charge on any atom is -0.271 e. The third-order valence-electron chi connectivity index (χ3n) is 3.63. The maximum Gasteiger partial charge on any atom is 0.0251 e. The fraction of sp³-hybridized carbons (Fsp3) is 0.647. The van der Waals surface area contributed by atoms with Crippen molar-refractivity contribution in [2.24, 2.45) is 11.8 Å². The topological polar surface area (TPSA) is 38.0 Å². The van der Waals surface area contributed by atoms with Gasteiger partial charge in [0.2, 0.25) is 0 Å². The Morgan fingerprint density at radius 2 is 1.63 bits per heavy atom. The molecule has 0 aliphatic heterocycles. The van der Waals surface area contributed by atoms with Gasteiger partial charge in [-0.1, -0.05) is 58.9 Å². The van der Waals surface area contributed by atoms with E-state index in [0.717, 1.165) is 18.8 Å². The lowest BCUT2D eigenvalue weighted by atomic mass is 9.86. The molecule has 0 amide bonds. The molecule has 1 aromatic rings. The highest BCUT2D eigenvalue weighted by Gasteiger charge is 2.14. The molecule has 0 aliphatic rings. The van der Waals surface area contributed by atoms with E-state index in [1.54, 1.807) is 0 Å². The highest BCUT2D eigenvalue weighted by Crippen LogP contribution is 2.22. The maximum atomic E-state index is 5.66. The van der Waals surface area contributed by atoms with Crippen LogP contribution in [0.15, 0.2) is 24.3 Å². The van der Waals surface area contributed by atoms with Crippen LogP contribution in [0.4, 0.5) is 0 Å². The summed E-state index contributed by atoms with van der Waals surface area (Å²) in [7, 11) is 0. The van der Waals surface area contributed by atoms with E-state index in [1.807, 2.05) is 0 Å². The molecule has 0 radical (unpaired) electrons. The largest absolute Gasteiger partial charge is 0.271 e. The van der Waals surface area contributed by atoms with Crippen LogP contribution in [0.25, 0.3) is 0 Å². The van der Waals surface area contributed by atoms with Gasteiger partial charge in [0, 0.05) is 6.04 Å². The number of hydrazine groups is 1. The van der Waals surface area contributed by atoms with Crippen LogP contribution >= 0.6 is 0 Å². The van der Waals surface area contributed by atoms with Crippen molar-refractivity contribution in [1.29, 1.82) is 0 Å². The van der Waals surface area contributed by atoms with Crippen LogP contribution in [0.1, 0.15) is 58.6 Å². The Hall–Kier alpha value is -0.860. The van der Waals surface area contributed by atoms with Gasteiger partial charge in [-0.3, -0.25) is 11.3 Å². The molecule has 0 fully saturated rings. The van der Waals surface area contributed by atoms with Gasteiger partial charge >= 0.3 is 0 Å². The smallest absolute Gasteiger partial charge is 0.0251 e. The minimum absolute atomic E-state index is 0.224. The second-order valence-electron chi connectivity index (χ2n) is 6.99. The van der Waals surface area contributed by atoms with Crippen molar-refractivity contribution in [3.63, 3.8) is 0 Å². The molecule has 1 aromatic carbocycles. The lowest BCUT2D eigenvalue weighted by Crippen LogP contribution is -2.37. The fourth-order valence-electron chi connectivity index (χ4n) is 2.20. The Balaban J connectivity index is 2.60. The molecule has 108 valence electrons. The van der Waals surface area contributed by atoms with Crippen LogP contribution in [0.5, 0.6) is 0 Å². The van der Waals surface area contributed by atoms with Crippen molar-refractivity contribution in [2.75, 3.05) is 0 Å². The predicted molar refractivity (Wildman–Crippen MR) is 84.0 cm³/mol. The van der Waals surface area contributed by atoms with Crippen LogP contribution in [0.3, 0.4) is 0 Å². The average molecular weight is 262 g/mol. The number of benzene rings is 1. The maximum absolute atomic E-state index is 5.66. The van der Waals surface area contributed by atoms with Crippen molar-refractivity contribution in [3.05, 3.63) is 35.4 Å². The Bertz CT molecular complexity index is 360. The third kappa shape index (κ3) is 5.75. The molecule has 0 aromatic heterocycles. The van der Waals surface area contributed by atoms with Crippen molar-refractivity contribution in [3.8, 4) is 0 Å². The predicted octanol–water partition coefficient (Wildman–Crippen LogP) is 3.79. The lowest BCUT2D eigenvalue weighted by molar-refractivity contribution is 0.434. The minimum atomic E-state index is 0.224. The molecular weight excluding hydrogens is 232 g/mol. The summed E-state index contributed by atoms with van der Waals surface area (Å²) in [5.74, 6) is 6.39. The molecule has 0 saturated heterocycles. The Labute approximate surface area is 118 Å². The van der Waals surface area contributed by atoms with E-state index < -0.39 is 0 Å². The molecular formula is C17H30N2. The lowest BCUT2D eigenvalue weighted by Gasteiger charge is -2.20. The van der Waals surface area contributed by atoms with Crippen LogP contribution < -0.4 is 11.3 Å². The van der Waals surface area contributed by atoms with Gasteiger partial charge < -0.3 is 0 Å². The Morgan fingerprint density at radius 3 is 2.05 bits per heavy atom. The molecule has 0 bridgehead atoms. The average Bonchev–Trinajstić information content (AvgIpc) is 2.33. The van der Waals surface area contributed by atoms with Crippen LogP contribution in [0, 0.1) is 5.92 Å². The zero-order valence-corrected chi connectivity index (χ0v) is 13.2. The molecule has 3 N–H and O–H groups in total. The first-order chi connectivity index (χ1) is 8.82. The molecule has 0 saturated carbocycles. The summed E-state index contributed by atoms with van der Waals surface area (Å²) in [4.78, 5) is 0. The van der Waals surface area contributed by atoms with E-state index in [0.29, 0.717) is 6.04 Å². The third-order valence-corrected chi connectivity index (χ3v) is 3.63. The van der Waals surface area contributed by atoms with Gasteiger partial charge in [0.1, 0.15) is 0 Å². The highest BCUT2D eigenvalue weighted by atomic mass is 15.2. The molecule has 19 heavy (non-hydrogen) atoms. The summed E-state index contributed by atoms with van der Waals surface area (Å²) in [6.45, 7) is 11.2. The van der Waals surface area contributed by atoms with E-state index >= 15 is 0 Å². The van der Waals surface area contributed by atoms with Crippen molar-refractivity contribution < 1.29 is 0 Å². The molecule has 1 unspecified atom stereocenters. The Morgan fingerprint density at radius 1 is 1.05 bits per heavy atom. The number of hydrogen-bond acceptors (Lipinski definition) is 2. The Kier molecular flexibility index (Phi) is 6.02. The van der Waals surface area contributed by atoms with Crippen molar-refractivity contribution in [2.45, 2.75) is 65.3 Å². The van der Waals surface area contributed by atoms with Gasteiger partial charge in [-0.2, -0.15) is 0 Å². The van der Waals surface area contributed by atoms with Crippen LogP contribution in [0.2, 0.25) is 0 Å². The molecule has 0 spiro atoms. The quantitative estimate of drug-likeness (QED) is 0.604. The zero-order valence-electron chi connectivity index (χ0n) is 13.2. The van der Waals surface area contributed by atoms with Gasteiger partial charge in [-0.25, -0.2) is 0 Å². The number of hydrogen-bond donors (Lipinski definition) is 2. The summed E-state index contributed by atoms with van der Waals surface area (Å²) < 4.78 is 0. The van der Waals surface area contributed by atoms with Gasteiger partial charge in [0.15, 0.2) is 0 Å². The zero-order chi connectivity index (χ0) is 14.5.